The highest BCUT2D eigenvalue weighted by Gasteiger charge is 1.96. The van der Waals surface area contributed by atoms with Crippen molar-refractivity contribution in [1.29, 1.82) is 0 Å². The number of hydrogen-bond donors (Lipinski definition) is 1. The fraction of sp³-hybridized carbons (Fsp3) is 0.0667. The topological polar surface area (TPSA) is 59.4 Å². The molecule has 1 aromatic carbocycles. The zero-order valence-corrected chi connectivity index (χ0v) is 10.2. The average molecular weight is 255 g/mol. The van der Waals surface area contributed by atoms with E-state index in [0.29, 0.717) is 6.61 Å². The largest absolute Gasteiger partial charge is 0.489 e. The number of aromatic nitrogens is 1. The van der Waals surface area contributed by atoms with E-state index in [9.17, 15) is 4.79 Å². The van der Waals surface area contributed by atoms with Crippen LogP contribution in [0.4, 0.5) is 0 Å². The van der Waals surface area contributed by atoms with E-state index in [2.05, 4.69) is 4.98 Å². The molecule has 0 radical (unpaired) electrons. The molecule has 0 bridgehead atoms. The summed E-state index contributed by atoms with van der Waals surface area (Å²) in [6, 6.07) is 11.0. The Labute approximate surface area is 111 Å². The summed E-state index contributed by atoms with van der Waals surface area (Å²) in [7, 11) is 0. The van der Waals surface area contributed by atoms with Gasteiger partial charge in [-0.1, -0.05) is 12.1 Å². The van der Waals surface area contributed by atoms with Crippen molar-refractivity contribution in [2.24, 2.45) is 0 Å². The molecule has 0 unspecified atom stereocenters. The first kappa shape index (κ1) is 12.8. The molecule has 1 aromatic heterocycles. The van der Waals surface area contributed by atoms with Gasteiger partial charge in [0.25, 0.3) is 0 Å². The van der Waals surface area contributed by atoms with Gasteiger partial charge in [-0.15, -0.1) is 0 Å². The van der Waals surface area contributed by atoms with Crippen LogP contribution in [0.2, 0.25) is 0 Å². The number of aliphatic carboxylic acids is 1. The van der Waals surface area contributed by atoms with Crippen molar-refractivity contribution < 1.29 is 14.6 Å². The number of rotatable bonds is 5. The van der Waals surface area contributed by atoms with Crippen LogP contribution in [0.5, 0.6) is 5.75 Å². The fourth-order valence-electron chi connectivity index (χ4n) is 1.49. The highest BCUT2D eigenvalue weighted by Crippen LogP contribution is 2.14. The van der Waals surface area contributed by atoms with Gasteiger partial charge in [0.05, 0.1) is 0 Å². The predicted molar refractivity (Wildman–Crippen MR) is 71.7 cm³/mol. The van der Waals surface area contributed by atoms with Gasteiger partial charge in [-0.25, -0.2) is 4.79 Å². The van der Waals surface area contributed by atoms with E-state index in [1.165, 1.54) is 6.08 Å². The molecule has 0 amide bonds. The van der Waals surface area contributed by atoms with Crippen molar-refractivity contribution in [2.45, 2.75) is 6.61 Å². The molecule has 2 aromatic rings. The molecule has 0 fully saturated rings. The van der Waals surface area contributed by atoms with Gasteiger partial charge in [0.1, 0.15) is 12.4 Å². The van der Waals surface area contributed by atoms with Gasteiger partial charge in [-0.05, 0) is 41.5 Å². The Hall–Kier alpha value is -2.62. The quantitative estimate of drug-likeness (QED) is 0.834. The van der Waals surface area contributed by atoms with E-state index in [1.54, 1.807) is 24.5 Å². The number of ether oxygens (including phenoxy) is 1. The van der Waals surface area contributed by atoms with Crippen LogP contribution < -0.4 is 4.74 Å². The van der Waals surface area contributed by atoms with Gasteiger partial charge in [0, 0.05) is 18.5 Å². The smallest absolute Gasteiger partial charge is 0.328 e. The minimum Gasteiger partial charge on any atom is -0.489 e. The molecule has 0 saturated carbocycles. The Kier molecular flexibility index (Phi) is 4.29. The summed E-state index contributed by atoms with van der Waals surface area (Å²) in [6.07, 6.45) is 6.08. The molecular formula is C15H13NO3. The third-order valence-corrected chi connectivity index (χ3v) is 2.45. The van der Waals surface area contributed by atoms with E-state index in [-0.39, 0.29) is 0 Å². The molecule has 2 rings (SSSR count). The number of carboxylic acids is 1. The zero-order valence-electron chi connectivity index (χ0n) is 10.2. The first-order valence-electron chi connectivity index (χ1n) is 5.77. The van der Waals surface area contributed by atoms with Crippen LogP contribution in [0.15, 0.2) is 54.9 Å². The molecule has 4 heteroatoms. The molecule has 0 aliphatic heterocycles. The van der Waals surface area contributed by atoms with Crippen LogP contribution in [0.25, 0.3) is 6.08 Å². The normalized spacial score (nSPS) is 10.5. The lowest BCUT2D eigenvalue weighted by atomic mass is 10.2. The molecule has 0 atom stereocenters. The van der Waals surface area contributed by atoms with Crippen molar-refractivity contribution in [2.75, 3.05) is 0 Å². The lowest BCUT2D eigenvalue weighted by Gasteiger charge is -2.06. The minimum atomic E-state index is -0.960. The number of hydrogen-bond acceptors (Lipinski definition) is 3. The van der Waals surface area contributed by atoms with Gasteiger partial charge in [0.15, 0.2) is 0 Å². The summed E-state index contributed by atoms with van der Waals surface area (Å²) in [4.78, 5) is 14.3. The summed E-state index contributed by atoms with van der Waals surface area (Å²) in [6.45, 7) is 0.479. The van der Waals surface area contributed by atoms with Crippen LogP contribution in [0.1, 0.15) is 11.1 Å². The van der Waals surface area contributed by atoms with Crippen molar-refractivity contribution >= 4 is 12.0 Å². The van der Waals surface area contributed by atoms with Crippen molar-refractivity contribution in [1.82, 2.24) is 4.98 Å². The second kappa shape index (κ2) is 6.35. The molecule has 0 spiro atoms. The Bertz CT molecular complexity index is 562. The van der Waals surface area contributed by atoms with Crippen molar-refractivity contribution in [3.05, 3.63) is 66.0 Å². The molecule has 1 heterocycles. The third kappa shape index (κ3) is 4.27. The Morgan fingerprint density at radius 2 is 1.84 bits per heavy atom. The van der Waals surface area contributed by atoms with Crippen LogP contribution >= 0.6 is 0 Å². The number of carbonyl (C=O) groups is 1. The van der Waals surface area contributed by atoms with Crippen molar-refractivity contribution in [3.8, 4) is 5.75 Å². The average Bonchev–Trinajstić information content (AvgIpc) is 2.45. The maximum absolute atomic E-state index is 10.4. The standard InChI is InChI=1S/C15H13NO3/c17-15(18)6-3-12-1-4-14(5-2-12)19-11-13-7-9-16-10-8-13/h1-10H,11H2,(H,17,18)/b6-3+. The number of pyridine rings is 1. The fourth-order valence-corrected chi connectivity index (χ4v) is 1.49. The van der Waals surface area contributed by atoms with Crippen LogP contribution in [0, 0.1) is 0 Å². The van der Waals surface area contributed by atoms with Crippen molar-refractivity contribution in [3.63, 3.8) is 0 Å². The SMILES string of the molecule is O=C(O)/C=C/c1ccc(OCc2ccncc2)cc1. The molecule has 0 saturated heterocycles. The Morgan fingerprint density at radius 3 is 2.47 bits per heavy atom. The summed E-state index contributed by atoms with van der Waals surface area (Å²) in [5.74, 6) is -0.220. The number of benzene rings is 1. The second-order valence-electron chi connectivity index (χ2n) is 3.88. The maximum atomic E-state index is 10.4. The summed E-state index contributed by atoms with van der Waals surface area (Å²) < 4.78 is 5.60. The zero-order chi connectivity index (χ0) is 13.5. The molecule has 1 N–H and O–H groups in total. The second-order valence-corrected chi connectivity index (χ2v) is 3.88. The first-order valence-corrected chi connectivity index (χ1v) is 5.77. The van der Waals surface area contributed by atoms with Gasteiger partial charge in [-0.3, -0.25) is 4.98 Å². The lowest BCUT2D eigenvalue weighted by Crippen LogP contribution is -1.95. The molecule has 0 aliphatic rings. The molecule has 0 aliphatic carbocycles. The van der Waals surface area contributed by atoms with Gasteiger partial charge < -0.3 is 9.84 Å². The molecule has 19 heavy (non-hydrogen) atoms. The summed E-state index contributed by atoms with van der Waals surface area (Å²) in [5, 5.41) is 8.52. The summed E-state index contributed by atoms with van der Waals surface area (Å²) >= 11 is 0. The highest BCUT2D eigenvalue weighted by molar-refractivity contribution is 5.85. The van der Waals surface area contributed by atoms with E-state index in [0.717, 1.165) is 23.0 Å². The third-order valence-electron chi connectivity index (χ3n) is 2.45. The molecule has 4 nitrogen and oxygen atoms in total. The van der Waals surface area contributed by atoms with Crippen LogP contribution in [-0.2, 0) is 11.4 Å². The van der Waals surface area contributed by atoms with Gasteiger partial charge in [-0.2, -0.15) is 0 Å². The van der Waals surface area contributed by atoms with Crippen LogP contribution in [-0.4, -0.2) is 16.1 Å². The first-order chi connectivity index (χ1) is 9.24. The Balaban J connectivity index is 1.94. The van der Waals surface area contributed by atoms with E-state index < -0.39 is 5.97 Å². The highest BCUT2D eigenvalue weighted by atomic mass is 16.5. The van der Waals surface area contributed by atoms with Gasteiger partial charge in [0.2, 0.25) is 0 Å². The number of nitrogens with zero attached hydrogens (tertiary/aromatic N) is 1. The summed E-state index contributed by atoms with van der Waals surface area (Å²) in [5.41, 5.74) is 1.86. The van der Waals surface area contributed by atoms with Crippen LogP contribution in [0.3, 0.4) is 0 Å². The molecular weight excluding hydrogens is 242 g/mol. The monoisotopic (exact) mass is 255 g/mol. The molecule has 96 valence electrons. The van der Waals surface area contributed by atoms with E-state index in [4.69, 9.17) is 9.84 Å². The predicted octanol–water partition coefficient (Wildman–Crippen LogP) is 2.76. The van der Waals surface area contributed by atoms with Gasteiger partial charge >= 0.3 is 5.97 Å². The lowest BCUT2D eigenvalue weighted by molar-refractivity contribution is -0.131. The van der Waals surface area contributed by atoms with E-state index >= 15 is 0 Å². The minimum absolute atomic E-state index is 0.479. The number of carboxylic acid groups (broad SMARTS) is 1. The Morgan fingerprint density at radius 1 is 1.16 bits per heavy atom. The maximum Gasteiger partial charge on any atom is 0.328 e. The van der Waals surface area contributed by atoms with E-state index in [1.807, 2.05) is 24.3 Å².